The number of hydrogen-bond donors (Lipinski definition) is 2. The molecule has 0 aromatic carbocycles. The fourth-order valence-electron chi connectivity index (χ4n) is 2.14. The van der Waals surface area contributed by atoms with Crippen LogP contribution in [-0.2, 0) is 7.05 Å². The molecule has 0 spiro atoms. The van der Waals surface area contributed by atoms with Crippen LogP contribution in [-0.4, -0.2) is 56.0 Å². The minimum absolute atomic E-state index is 0. The summed E-state index contributed by atoms with van der Waals surface area (Å²) in [6.45, 7) is 1.84. The topological polar surface area (TPSA) is 65.6 Å². The van der Waals surface area contributed by atoms with Crippen LogP contribution in [0, 0.1) is 0 Å². The molecule has 0 saturated heterocycles. The number of halogens is 2. The van der Waals surface area contributed by atoms with Crippen LogP contribution in [0.3, 0.4) is 0 Å². The lowest BCUT2D eigenvalue weighted by Gasteiger charge is -2.23. The van der Waals surface area contributed by atoms with Crippen LogP contribution in [0.15, 0.2) is 23.5 Å². The molecule has 24 heavy (non-hydrogen) atoms. The van der Waals surface area contributed by atoms with Crippen molar-refractivity contribution in [3.05, 3.63) is 29.6 Å². The van der Waals surface area contributed by atoms with E-state index in [1.54, 1.807) is 29.9 Å². The third-order valence-corrected chi connectivity index (χ3v) is 3.42. The molecular formula is C16H28I2N4O2. The number of carbonyl (C=O) groups is 1. The van der Waals surface area contributed by atoms with Gasteiger partial charge in [-0.15, -0.1) is 0 Å². The van der Waals surface area contributed by atoms with E-state index in [1.807, 2.05) is 0 Å². The Hall–Kier alpha value is -0.490. The zero-order valence-electron chi connectivity index (χ0n) is 14.8. The standard InChI is InChI=1S/C16H26N4O2.2HI/c1-19-13-14(8-9-15(19)12-18-22)16(21)17-10-6-5-7-11-20(2,3)4;;/h8-9,12-13H,5-7,10-11H2,1-4H3;2*1H. The third kappa shape index (κ3) is 10.4. The first-order valence-electron chi connectivity index (χ1n) is 7.59. The molecule has 0 aliphatic carbocycles. The van der Waals surface area contributed by atoms with Crippen molar-refractivity contribution in [1.29, 1.82) is 0 Å². The van der Waals surface area contributed by atoms with Gasteiger partial charge in [-0.25, -0.2) is 0 Å². The molecule has 2 N–H and O–H groups in total. The molecule has 0 saturated carbocycles. The van der Waals surface area contributed by atoms with Gasteiger partial charge in [0.05, 0.1) is 27.7 Å². The predicted octanol–water partition coefficient (Wildman–Crippen LogP) is -5.07. The van der Waals surface area contributed by atoms with Gasteiger partial charge < -0.3 is 63.0 Å². The summed E-state index contributed by atoms with van der Waals surface area (Å²) in [6.07, 6.45) is 6.34. The van der Waals surface area contributed by atoms with Crippen LogP contribution in [0.4, 0.5) is 0 Å². The minimum atomic E-state index is -0.0744. The van der Waals surface area contributed by atoms with Crippen LogP contribution in [0.2, 0.25) is 0 Å². The average Bonchev–Trinajstić information content (AvgIpc) is 2.43. The van der Waals surface area contributed by atoms with Crippen molar-refractivity contribution in [3.63, 3.8) is 0 Å². The molecule has 0 atom stereocenters. The number of rotatable bonds is 8. The van der Waals surface area contributed by atoms with Crippen molar-refractivity contribution in [2.45, 2.75) is 19.3 Å². The summed E-state index contributed by atoms with van der Waals surface area (Å²) in [7, 11) is 8.37. The van der Waals surface area contributed by atoms with Crippen molar-refractivity contribution in [3.8, 4) is 0 Å². The Morgan fingerprint density at radius 2 is 1.92 bits per heavy atom. The Labute approximate surface area is 178 Å². The smallest absolute Gasteiger partial charge is 0.257 e. The minimum Gasteiger partial charge on any atom is -1.00 e. The van der Waals surface area contributed by atoms with E-state index < -0.39 is 0 Å². The molecule has 1 aromatic heterocycles. The molecule has 1 aromatic rings. The quantitative estimate of drug-likeness (QED) is 0.0635. The van der Waals surface area contributed by atoms with Gasteiger partial charge in [0, 0.05) is 12.6 Å². The summed E-state index contributed by atoms with van der Waals surface area (Å²) in [6, 6.07) is 3.47. The number of amides is 1. The molecule has 1 rings (SSSR count). The van der Waals surface area contributed by atoms with E-state index in [1.165, 1.54) is 12.6 Å². The lowest BCUT2D eigenvalue weighted by Crippen LogP contribution is -3.00. The van der Waals surface area contributed by atoms with E-state index in [4.69, 9.17) is 5.21 Å². The van der Waals surface area contributed by atoms with Crippen LogP contribution in [0.25, 0.3) is 0 Å². The molecular weight excluding hydrogens is 534 g/mol. The molecule has 1 heterocycles. The average molecular weight is 562 g/mol. The van der Waals surface area contributed by atoms with Crippen LogP contribution < -0.4 is 57.8 Å². The van der Waals surface area contributed by atoms with E-state index in [-0.39, 0.29) is 53.9 Å². The fraction of sp³-hybridized carbons (Fsp3) is 0.562. The monoisotopic (exact) mass is 562 g/mol. The number of quaternary nitrogens is 1. The lowest BCUT2D eigenvalue weighted by molar-refractivity contribution is -0.870. The molecule has 0 bridgehead atoms. The summed E-state index contributed by atoms with van der Waals surface area (Å²) >= 11 is 0. The first kappa shape index (κ1) is 25.7. The lowest BCUT2D eigenvalue weighted by atomic mass is 10.2. The van der Waals surface area contributed by atoms with E-state index in [2.05, 4.69) is 31.6 Å². The second-order valence-electron chi connectivity index (χ2n) is 6.53. The maximum Gasteiger partial charge on any atom is 0.257 e. The number of oxime groups is 1. The number of unbranched alkanes of at least 4 members (excludes halogenated alkanes) is 2. The maximum atomic E-state index is 12.0. The van der Waals surface area contributed by atoms with Gasteiger partial charge in [-0.2, -0.15) is 4.57 Å². The molecule has 138 valence electrons. The molecule has 0 radical (unpaired) electrons. The molecule has 0 unspecified atom stereocenters. The van der Waals surface area contributed by atoms with Crippen molar-refractivity contribution < 1.29 is 67.0 Å². The van der Waals surface area contributed by atoms with Crippen LogP contribution in [0.5, 0.6) is 0 Å². The predicted molar refractivity (Wildman–Crippen MR) is 86.1 cm³/mol. The molecule has 8 heteroatoms. The zero-order valence-corrected chi connectivity index (χ0v) is 19.1. The molecule has 1 amide bonds. The summed E-state index contributed by atoms with van der Waals surface area (Å²) in [5, 5.41) is 14.5. The number of aromatic nitrogens is 1. The van der Waals surface area contributed by atoms with Gasteiger partial charge in [-0.1, -0.05) is 5.16 Å². The summed E-state index contributed by atoms with van der Waals surface area (Å²) in [5.41, 5.74) is 1.32. The highest BCUT2D eigenvalue weighted by molar-refractivity contribution is 5.93. The number of pyridine rings is 1. The first-order valence-corrected chi connectivity index (χ1v) is 7.59. The van der Waals surface area contributed by atoms with E-state index in [0.717, 1.165) is 29.6 Å². The van der Waals surface area contributed by atoms with Gasteiger partial charge in [0.1, 0.15) is 18.8 Å². The van der Waals surface area contributed by atoms with E-state index in [0.29, 0.717) is 12.1 Å². The molecule has 0 aliphatic heterocycles. The number of carbonyl (C=O) groups excluding carboxylic acids is 1. The van der Waals surface area contributed by atoms with Crippen LogP contribution in [0.1, 0.15) is 35.3 Å². The SMILES string of the molecule is C[n+]1cc(C(=O)NCCCCC[N+](C)(C)C)ccc1/C=N/O.[I-].[I-]. The molecule has 0 fully saturated rings. The highest BCUT2D eigenvalue weighted by Gasteiger charge is 2.12. The van der Waals surface area contributed by atoms with E-state index >= 15 is 0 Å². The van der Waals surface area contributed by atoms with E-state index in [9.17, 15) is 4.79 Å². The van der Waals surface area contributed by atoms with Crippen molar-refractivity contribution in [1.82, 2.24) is 5.32 Å². The van der Waals surface area contributed by atoms with Crippen LogP contribution >= 0.6 is 0 Å². The largest absolute Gasteiger partial charge is 1.00 e. The Balaban J connectivity index is 0. The van der Waals surface area contributed by atoms with Gasteiger partial charge in [-0.05, 0) is 25.3 Å². The number of nitrogens with zero attached hydrogens (tertiary/aromatic N) is 3. The first-order chi connectivity index (χ1) is 10.3. The fourth-order valence-corrected chi connectivity index (χ4v) is 2.14. The van der Waals surface area contributed by atoms with Gasteiger partial charge in [0.2, 0.25) is 5.69 Å². The van der Waals surface area contributed by atoms with Gasteiger partial charge >= 0.3 is 0 Å². The van der Waals surface area contributed by atoms with Crippen molar-refractivity contribution >= 4 is 12.1 Å². The highest BCUT2D eigenvalue weighted by Crippen LogP contribution is 2.01. The Morgan fingerprint density at radius 1 is 1.25 bits per heavy atom. The molecule has 0 aliphatic rings. The third-order valence-electron chi connectivity index (χ3n) is 3.42. The van der Waals surface area contributed by atoms with Crippen molar-refractivity contribution in [2.24, 2.45) is 12.2 Å². The molecule has 6 nitrogen and oxygen atoms in total. The van der Waals surface area contributed by atoms with Gasteiger partial charge in [0.25, 0.3) is 5.91 Å². The van der Waals surface area contributed by atoms with Gasteiger partial charge in [-0.3, -0.25) is 4.79 Å². The highest BCUT2D eigenvalue weighted by atomic mass is 127. The zero-order chi connectivity index (χ0) is 16.6. The Bertz CT molecular complexity index is 531. The summed E-state index contributed by atoms with van der Waals surface area (Å²) in [4.78, 5) is 12.0. The maximum absolute atomic E-state index is 12.0. The Morgan fingerprint density at radius 3 is 2.46 bits per heavy atom. The second kappa shape index (κ2) is 12.8. The van der Waals surface area contributed by atoms with Crippen molar-refractivity contribution in [2.75, 3.05) is 34.2 Å². The normalized spacial score (nSPS) is 10.8. The summed E-state index contributed by atoms with van der Waals surface area (Å²) in [5.74, 6) is -0.0744. The number of hydrogen-bond acceptors (Lipinski definition) is 3. The number of nitrogens with one attached hydrogen (secondary N) is 1. The number of aryl methyl sites for hydroxylation is 1. The van der Waals surface area contributed by atoms with Gasteiger partial charge in [0.15, 0.2) is 6.20 Å². The Kier molecular flexibility index (Phi) is 13.7. The summed E-state index contributed by atoms with van der Waals surface area (Å²) < 4.78 is 2.72. The second-order valence-corrected chi connectivity index (χ2v) is 6.53.